The number of fused-ring (bicyclic) bond motifs is 3. The molecule has 12 heteroatoms. The van der Waals surface area contributed by atoms with Crippen molar-refractivity contribution in [1.29, 1.82) is 0 Å². The van der Waals surface area contributed by atoms with Crippen molar-refractivity contribution < 1.29 is 24.0 Å². The van der Waals surface area contributed by atoms with Crippen molar-refractivity contribution in [3.63, 3.8) is 0 Å². The molecule has 1 saturated heterocycles. The molecule has 1 atom stereocenters. The number of hydrogen-bond donors (Lipinski definition) is 3. The van der Waals surface area contributed by atoms with Gasteiger partial charge < -0.3 is 20.1 Å². The van der Waals surface area contributed by atoms with Crippen LogP contribution < -0.4 is 16.0 Å². The monoisotopic (exact) mass is 773 g/mol. The Labute approximate surface area is 336 Å². The minimum atomic E-state index is -0.690. The molecule has 0 saturated carbocycles. The van der Waals surface area contributed by atoms with Crippen molar-refractivity contribution in [1.82, 2.24) is 35.4 Å². The molecule has 1 unspecified atom stereocenters. The van der Waals surface area contributed by atoms with Crippen LogP contribution in [0.5, 0.6) is 0 Å². The average molecular weight is 774 g/mol. The lowest BCUT2D eigenvalue weighted by Gasteiger charge is -2.29. The first kappa shape index (κ1) is 39.3. The molecule has 5 heterocycles. The third-order valence-electron chi connectivity index (χ3n) is 10.4. The van der Waals surface area contributed by atoms with Gasteiger partial charge in [-0.25, -0.2) is 0 Å². The van der Waals surface area contributed by atoms with E-state index in [0.29, 0.717) is 36.1 Å². The molecule has 8 rings (SSSR count). The number of aldehydes is 1. The zero-order chi connectivity index (χ0) is 40.9. The highest BCUT2D eigenvalue weighted by atomic mass is 16.2. The summed E-state index contributed by atoms with van der Waals surface area (Å²) >= 11 is 0. The molecule has 0 radical (unpaired) electrons. The zero-order valence-electron chi connectivity index (χ0n) is 32.8. The Morgan fingerprint density at radius 3 is 2.50 bits per heavy atom. The summed E-state index contributed by atoms with van der Waals surface area (Å²) in [4.78, 5) is 72.5. The van der Waals surface area contributed by atoms with E-state index in [1.807, 2.05) is 68.4 Å². The Morgan fingerprint density at radius 1 is 0.966 bits per heavy atom. The number of benzene rings is 3. The van der Waals surface area contributed by atoms with Crippen molar-refractivity contribution in [2.75, 3.05) is 20.6 Å². The molecule has 2 aliphatic rings. The van der Waals surface area contributed by atoms with Gasteiger partial charge in [-0.15, -0.1) is 0 Å². The first-order valence-electron chi connectivity index (χ1n) is 19.2. The predicted molar refractivity (Wildman–Crippen MR) is 223 cm³/mol. The van der Waals surface area contributed by atoms with Gasteiger partial charge in [0, 0.05) is 84.6 Å². The van der Waals surface area contributed by atoms with Crippen molar-refractivity contribution >= 4 is 51.6 Å². The number of piperidine rings is 1. The van der Waals surface area contributed by atoms with Crippen molar-refractivity contribution in [3.05, 3.63) is 119 Å². The third kappa shape index (κ3) is 7.72. The van der Waals surface area contributed by atoms with E-state index in [0.717, 1.165) is 62.3 Å². The molecule has 0 aliphatic carbocycles. The standard InChI is InChI=1S/C44H36N6O5.C2H7N/c1-3-26-18-30(19-34-31(25-51)23-49(2)41(26)34)32-11-7-10-28-20-38(47-22-35(28)32)29-13-14-37(46-21-29)42(53)45-17-5-4-8-27-9-6-12-33-36(27)24-50(44(33)55)39-15-16-40(52)48-43(39)54;1-3-2/h6-7,9-14,18-23,25,39H,3,5,15-17,24H2,1-2H3,(H,45,53)(H,48,52,54);3H,1-2H3. The van der Waals surface area contributed by atoms with Crippen LogP contribution in [0.1, 0.15) is 74.1 Å². The maximum absolute atomic E-state index is 13.1. The van der Waals surface area contributed by atoms with E-state index in [1.165, 1.54) is 10.5 Å². The molecular weight excluding hydrogens is 731 g/mol. The second-order valence-electron chi connectivity index (χ2n) is 14.3. The third-order valence-corrected chi connectivity index (χ3v) is 10.4. The molecule has 2 aliphatic heterocycles. The molecule has 12 nitrogen and oxygen atoms in total. The lowest BCUT2D eigenvalue weighted by Crippen LogP contribution is -2.52. The topological polar surface area (TPSA) is 155 Å². The number of imide groups is 1. The van der Waals surface area contributed by atoms with Crippen LogP contribution in [0.2, 0.25) is 0 Å². The second-order valence-corrected chi connectivity index (χ2v) is 14.3. The van der Waals surface area contributed by atoms with Crippen molar-refractivity contribution in [2.45, 2.75) is 45.2 Å². The number of pyridine rings is 2. The first-order chi connectivity index (χ1) is 28.1. The van der Waals surface area contributed by atoms with Crippen LogP contribution in [0.3, 0.4) is 0 Å². The van der Waals surface area contributed by atoms with E-state index in [4.69, 9.17) is 4.98 Å². The van der Waals surface area contributed by atoms with Gasteiger partial charge in [0.05, 0.1) is 11.2 Å². The molecular formula is C46H43N7O5. The molecule has 6 aromatic rings. The normalized spacial score (nSPS) is 14.7. The van der Waals surface area contributed by atoms with Gasteiger partial charge in [0.2, 0.25) is 11.8 Å². The fraction of sp³-hybridized carbons (Fsp3) is 0.239. The second kappa shape index (κ2) is 17.0. The van der Waals surface area contributed by atoms with Crippen LogP contribution in [0.25, 0.3) is 44.1 Å². The maximum Gasteiger partial charge on any atom is 0.269 e. The number of rotatable bonds is 8. The van der Waals surface area contributed by atoms with Gasteiger partial charge >= 0.3 is 0 Å². The number of carbonyl (C=O) groups is 5. The molecule has 1 fully saturated rings. The Hall–Kier alpha value is -6.97. The van der Waals surface area contributed by atoms with Crippen LogP contribution in [-0.2, 0) is 29.6 Å². The zero-order valence-corrected chi connectivity index (χ0v) is 32.8. The summed E-state index contributed by atoms with van der Waals surface area (Å²) in [6.45, 7) is 2.66. The van der Waals surface area contributed by atoms with Gasteiger partial charge in [0.1, 0.15) is 11.7 Å². The number of amides is 4. The number of carbonyl (C=O) groups excluding carboxylic acids is 5. The van der Waals surface area contributed by atoms with E-state index in [-0.39, 0.29) is 36.4 Å². The summed E-state index contributed by atoms with van der Waals surface area (Å²) in [5.41, 5.74) is 8.68. The number of aromatic nitrogens is 3. The van der Waals surface area contributed by atoms with Crippen LogP contribution >= 0.6 is 0 Å². The molecule has 0 bridgehead atoms. The van der Waals surface area contributed by atoms with E-state index < -0.39 is 11.9 Å². The molecule has 3 N–H and O–H groups in total. The highest BCUT2D eigenvalue weighted by molar-refractivity contribution is 6.06. The number of hydrogen-bond acceptors (Lipinski definition) is 8. The fourth-order valence-corrected chi connectivity index (χ4v) is 7.64. The minimum Gasteiger partial charge on any atom is -0.350 e. The molecule has 3 aromatic carbocycles. The lowest BCUT2D eigenvalue weighted by atomic mass is 9.94. The van der Waals surface area contributed by atoms with Crippen molar-refractivity contribution in [2.24, 2.45) is 7.05 Å². The summed E-state index contributed by atoms with van der Waals surface area (Å²) in [7, 11) is 5.72. The van der Waals surface area contributed by atoms with E-state index >= 15 is 0 Å². The molecule has 292 valence electrons. The average Bonchev–Trinajstić information content (AvgIpc) is 3.75. The quantitative estimate of drug-likeness (QED) is 0.0782. The largest absolute Gasteiger partial charge is 0.350 e. The van der Waals surface area contributed by atoms with Gasteiger partial charge in [-0.05, 0) is 97.0 Å². The van der Waals surface area contributed by atoms with Gasteiger partial charge in [-0.1, -0.05) is 43.0 Å². The van der Waals surface area contributed by atoms with Gasteiger partial charge in [0.15, 0.2) is 6.29 Å². The summed E-state index contributed by atoms with van der Waals surface area (Å²) in [6, 6.07) is 20.5. The minimum absolute atomic E-state index is 0.192. The Bertz CT molecular complexity index is 2670. The van der Waals surface area contributed by atoms with Gasteiger partial charge in [-0.3, -0.25) is 39.3 Å². The number of nitrogens with zero attached hydrogens (tertiary/aromatic N) is 4. The van der Waals surface area contributed by atoms with Crippen LogP contribution in [0.15, 0.2) is 85.3 Å². The molecule has 0 spiro atoms. The summed E-state index contributed by atoms with van der Waals surface area (Å²) < 4.78 is 2.02. The summed E-state index contributed by atoms with van der Waals surface area (Å²) in [5, 5.41) is 10.9. The summed E-state index contributed by atoms with van der Waals surface area (Å²) in [6.07, 6.45) is 7.98. The SMILES string of the molecule is CCc1cc(-c2cccc3cc(-c4ccc(C(=O)NCCC#Cc5cccc6c5CN(C5CCC(=O)NC5=O)C6=O)nc4)ncc23)cc2c(C=O)cn(C)c12.CNC. The van der Waals surface area contributed by atoms with Crippen LogP contribution in [-0.4, -0.2) is 76.0 Å². The lowest BCUT2D eigenvalue weighted by molar-refractivity contribution is -0.136. The highest BCUT2D eigenvalue weighted by Crippen LogP contribution is 2.35. The number of aryl methyl sites for hydroxylation is 2. The van der Waals surface area contributed by atoms with Gasteiger partial charge in [0.25, 0.3) is 11.8 Å². The van der Waals surface area contributed by atoms with E-state index in [1.54, 1.807) is 24.4 Å². The Kier molecular flexibility index (Phi) is 11.5. The fourth-order valence-electron chi connectivity index (χ4n) is 7.64. The van der Waals surface area contributed by atoms with Crippen LogP contribution in [0.4, 0.5) is 0 Å². The van der Waals surface area contributed by atoms with Crippen LogP contribution in [0, 0.1) is 11.8 Å². The van der Waals surface area contributed by atoms with Gasteiger partial charge in [-0.2, -0.15) is 0 Å². The van der Waals surface area contributed by atoms with E-state index in [2.05, 4.69) is 57.9 Å². The molecule has 3 aromatic heterocycles. The molecule has 58 heavy (non-hydrogen) atoms. The summed E-state index contributed by atoms with van der Waals surface area (Å²) in [5.74, 6) is 4.84. The van der Waals surface area contributed by atoms with Crippen molar-refractivity contribution in [3.8, 4) is 34.2 Å². The highest BCUT2D eigenvalue weighted by Gasteiger charge is 2.39. The Balaban J connectivity index is 0.00000166. The predicted octanol–water partition coefficient (Wildman–Crippen LogP) is 5.60. The smallest absolute Gasteiger partial charge is 0.269 e. The number of nitrogens with one attached hydrogen (secondary N) is 3. The maximum atomic E-state index is 13.1. The van der Waals surface area contributed by atoms with E-state index in [9.17, 15) is 24.0 Å². The Morgan fingerprint density at radius 2 is 1.76 bits per heavy atom. The first-order valence-corrected chi connectivity index (χ1v) is 19.2. The molecule has 4 amide bonds.